The second kappa shape index (κ2) is 10.8. The topological polar surface area (TPSA) is 75.9 Å². The number of carbonyl (C=O) groups excluding carboxylic acids is 1. The first-order valence-electron chi connectivity index (χ1n) is 12.3. The molecule has 7 heteroatoms. The van der Waals surface area contributed by atoms with E-state index in [4.69, 9.17) is 20.8 Å². The largest absolute Gasteiger partial charge is 0.456 e. The van der Waals surface area contributed by atoms with E-state index in [0.29, 0.717) is 10.8 Å². The molecule has 1 amide bonds. The second-order valence-electron chi connectivity index (χ2n) is 10.3. The number of fused-ring (bicyclic) bond motifs is 1. The van der Waals surface area contributed by atoms with Crippen molar-refractivity contribution in [2.24, 2.45) is 4.99 Å². The summed E-state index contributed by atoms with van der Waals surface area (Å²) >= 11 is 6.67. The van der Waals surface area contributed by atoms with Crippen molar-refractivity contribution in [3.63, 3.8) is 0 Å². The van der Waals surface area contributed by atoms with Gasteiger partial charge in [-0.05, 0) is 95.5 Å². The Morgan fingerprint density at radius 1 is 1.14 bits per heavy atom. The van der Waals surface area contributed by atoms with Gasteiger partial charge in [-0.2, -0.15) is 0 Å². The molecule has 2 N–H and O–H groups in total. The Balaban J connectivity index is 1.49. The van der Waals surface area contributed by atoms with Gasteiger partial charge in [-0.3, -0.25) is 4.99 Å². The van der Waals surface area contributed by atoms with Gasteiger partial charge in [0.25, 0.3) is 0 Å². The average Bonchev–Trinajstić information content (AvgIpc) is 3.24. The van der Waals surface area contributed by atoms with Crippen LogP contribution in [0.4, 0.5) is 10.5 Å². The van der Waals surface area contributed by atoms with Crippen LogP contribution in [0.5, 0.6) is 0 Å². The molecular formula is C29H34ClN3O3. The molecule has 1 aliphatic carbocycles. The molecule has 0 spiro atoms. The zero-order chi connectivity index (χ0) is 25.9. The third kappa shape index (κ3) is 6.30. The number of para-hydroxylation sites is 1. The Morgan fingerprint density at radius 2 is 1.83 bits per heavy atom. The number of alkyl carbamates (subject to hydrolysis) is 1. The van der Waals surface area contributed by atoms with Crippen molar-refractivity contribution in [2.75, 3.05) is 5.32 Å². The minimum atomic E-state index is -0.498. The first-order valence-corrected chi connectivity index (χ1v) is 12.7. The van der Waals surface area contributed by atoms with Gasteiger partial charge in [0.05, 0.1) is 0 Å². The molecule has 1 saturated carbocycles. The maximum atomic E-state index is 12.1. The molecule has 0 radical (unpaired) electrons. The van der Waals surface area contributed by atoms with Crippen LogP contribution in [0.2, 0.25) is 5.02 Å². The number of nitrogens with one attached hydrogen (secondary N) is 2. The van der Waals surface area contributed by atoms with Crippen LogP contribution in [-0.2, 0) is 4.74 Å². The molecule has 6 nitrogen and oxygen atoms in total. The van der Waals surface area contributed by atoms with Gasteiger partial charge in [0, 0.05) is 40.0 Å². The van der Waals surface area contributed by atoms with Crippen LogP contribution in [0.3, 0.4) is 0 Å². The first kappa shape index (κ1) is 25.8. The number of amides is 1. The van der Waals surface area contributed by atoms with Gasteiger partial charge in [-0.15, -0.1) is 0 Å². The van der Waals surface area contributed by atoms with Crippen LogP contribution in [-0.4, -0.2) is 30.5 Å². The number of benzene rings is 2. The van der Waals surface area contributed by atoms with E-state index < -0.39 is 5.60 Å². The quantitative estimate of drug-likeness (QED) is 0.334. The lowest BCUT2D eigenvalue weighted by atomic mass is 9.90. The molecule has 0 bridgehead atoms. The van der Waals surface area contributed by atoms with Crippen LogP contribution in [0.15, 0.2) is 58.1 Å². The number of furan rings is 1. The van der Waals surface area contributed by atoms with Crippen LogP contribution in [0.25, 0.3) is 16.5 Å². The molecular weight excluding hydrogens is 474 g/mol. The Kier molecular flexibility index (Phi) is 7.74. The predicted octanol–water partition coefficient (Wildman–Crippen LogP) is 7.73. The lowest BCUT2D eigenvalue weighted by molar-refractivity contribution is 0.0492. The number of halogens is 1. The van der Waals surface area contributed by atoms with Crippen LogP contribution in [0, 0.1) is 6.92 Å². The summed E-state index contributed by atoms with van der Waals surface area (Å²) < 4.78 is 11.5. The zero-order valence-electron chi connectivity index (χ0n) is 21.4. The number of ether oxygens (including phenoxy) is 1. The molecule has 1 fully saturated rings. The fraction of sp³-hybridized carbons (Fsp3) is 0.379. The monoisotopic (exact) mass is 507 g/mol. The van der Waals surface area contributed by atoms with Gasteiger partial charge in [0.2, 0.25) is 0 Å². The van der Waals surface area contributed by atoms with Crippen molar-refractivity contribution in [3.05, 3.63) is 70.6 Å². The Morgan fingerprint density at radius 3 is 2.50 bits per heavy atom. The van der Waals surface area contributed by atoms with Crippen molar-refractivity contribution in [1.29, 1.82) is 0 Å². The summed E-state index contributed by atoms with van der Waals surface area (Å²) in [4.78, 5) is 16.2. The molecule has 1 aromatic heterocycles. The summed E-state index contributed by atoms with van der Waals surface area (Å²) in [6.45, 7) is 11.3. The van der Waals surface area contributed by atoms with Crippen LogP contribution in [0.1, 0.15) is 63.3 Å². The SMILES string of the molecule is C=N/C=C(/c1cc2ccccc2o1)c1cc(NC2CCC(NC(=O)OC(C)(C)C)CC2)cc(Cl)c1C. The van der Waals surface area contributed by atoms with Crippen LogP contribution >= 0.6 is 11.6 Å². The maximum Gasteiger partial charge on any atom is 0.407 e. The third-order valence-electron chi connectivity index (χ3n) is 6.36. The van der Waals surface area contributed by atoms with Crippen molar-refractivity contribution < 1.29 is 13.9 Å². The lowest BCUT2D eigenvalue weighted by Crippen LogP contribution is -2.42. The van der Waals surface area contributed by atoms with Gasteiger partial charge >= 0.3 is 6.09 Å². The van der Waals surface area contributed by atoms with E-state index in [-0.39, 0.29) is 18.2 Å². The van der Waals surface area contributed by atoms with E-state index in [9.17, 15) is 4.79 Å². The van der Waals surface area contributed by atoms with E-state index in [0.717, 1.165) is 59.0 Å². The van der Waals surface area contributed by atoms with E-state index in [1.54, 1.807) is 6.20 Å². The zero-order valence-corrected chi connectivity index (χ0v) is 22.1. The summed E-state index contributed by atoms with van der Waals surface area (Å²) in [5, 5.41) is 8.34. The summed E-state index contributed by atoms with van der Waals surface area (Å²) in [6, 6.07) is 14.4. The maximum absolute atomic E-state index is 12.1. The van der Waals surface area contributed by atoms with Gasteiger partial charge in [-0.25, -0.2) is 4.79 Å². The Labute approximate surface area is 217 Å². The van der Waals surface area contributed by atoms with Crippen molar-refractivity contribution >= 4 is 46.6 Å². The van der Waals surface area contributed by atoms with Gasteiger partial charge in [0.1, 0.15) is 16.9 Å². The summed E-state index contributed by atoms with van der Waals surface area (Å²) in [5.74, 6) is 0.716. The molecule has 4 rings (SSSR count). The number of hydrogen-bond acceptors (Lipinski definition) is 5. The van der Waals surface area contributed by atoms with E-state index in [1.807, 2.05) is 64.1 Å². The molecule has 190 valence electrons. The smallest absolute Gasteiger partial charge is 0.407 e. The van der Waals surface area contributed by atoms with Crippen molar-refractivity contribution in [3.8, 4) is 0 Å². The molecule has 0 aliphatic heterocycles. The highest BCUT2D eigenvalue weighted by atomic mass is 35.5. The minimum absolute atomic E-state index is 0.122. The van der Waals surface area contributed by atoms with E-state index in [2.05, 4.69) is 28.4 Å². The number of aliphatic imine (C=N–C) groups is 1. The van der Waals surface area contributed by atoms with Crippen LogP contribution < -0.4 is 10.6 Å². The number of anilines is 1. The molecule has 0 unspecified atom stereocenters. The number of rotatable bonds is 6. The summed E-state index contributed by atoms with van der Waals surface area (Å²) in [7, 11) is 0. The molecule has 0 atom stereocenters. The highest BCUT2D eigenvalue weighted by Crippen LogP contribution is 2.36. The average molecular weight is 508 g/mol. The standard InChI is InChI=1S/C29H34ClN3O3/c1-18-23(24(17-31-5)27-14-19-8-6-7-9-26(19)35-27)15-22(16-25(18)30)32-20-10-12-21(13-11-20)33-28(34)36-29(2,3)4/h6-9,14-17,20-21,32H,5,10-13H2,1-4H3,(H,33,34)/b24-17+. The second-order valence-corrected chi connectivity index (χ2v) is 10.8. The van der Waals surface area contributed by atoms with Gasteiger partial charge < -0.3 is 19.8 Å². The molecule has 2 aromatic carbocycles. The summed E-state index contributed by atoms with van der Waals surface area (Å²) in [6.07, 6.45) is 4.99. The lowest BCUT2D eigenvalue weighted by Gasteiger charge is -2.31. The number of carbonyl (C=O) groups is 1. The molecule has 0 saturated heterocycles. The van der Waals surface area contributed by atoms with Gasteiger partial charge in [0.15, 0.2) is 0 Å². The fourth-order valence-corrected chi connectivity index (χ4v) is 4.83. The van der Waals surface area contributed by atoms with E-state index in [1.165, 1.54) is 0 Å². The third-order valence-corrected chi connectivity index (χ3v) is 6.76. The number of hydrogen-bond donors (Lipinski definition) is 2. The minimum Gasteiger partial charge on any atom is -0.456 e. The normalized spacial score (nSPS) is 18.6. The van der Waals surface area contributed by atoms with Crippen molar-refractivity contribution in [1.82, 2.24) is 5.32 Å². The number of nitrogens with zero attached hydrogens (tertiary/aromatic N) is 1. The Bertz CT molecular complexity index is 1250. The first-order chi connectivity index (χ1) is 17.1. The molecule has 1 aliphatic rings. The molecule has 3 aromatic rings. The fourth-order valence-electron chi connectivity index (χ4n) is 4.61. The highest BCUT2D eigenvalue weighted by Gasteiger charge is 2.25. The molecule has 1 heterocycles. The molecule has 36 heavy (non-hydrogen) atoms. The van der Waals surface area contributed by atoms with Crippen molar-refractivity contribution in [2.45, 2.75) is 71.1 Å². The van der Waals surface area contributed by atoms with E-state index >= 15 is 0 Å². The predicted molar refractivity (Wildman–Crippen MR) is 148 cm³/mol. The highest BCUT2D eigenvalue weighted by molar-refractivity contribution is 6.32. The summed E-state index contributed by atoms with van der Waals surface area (Å²) in [5.41, 5.74) is 3.98. The van der Waals surface area contributed by atoms with Gasteiger partial charge in [-0.1, -0.05) is 29.8 Å². The Hall–Kier alpha value is -3.25.